The van der Waals surface area contributed by atoms with Gasteiger partial charge in [0.15, 0.2) is 4.34 Å². The third kappa shape index (κ3) is 3.78. The van der Waals surface area contributed by atoms with Crippen LogP contribution in [0.3, 0.4) is 0 Å². The zero-order chi connectivity index (χ0) is 13.8. The molecule has 100 valence electrons. The maximum atomic E-state index is 13.4. The maximum absolute atomic E-state index is 13.4. The average Bonchev–Trinajstić information content (AvgIpc) is 2.77. The van der Waals surface area contributed by atoms with E-state index >= 15 is 0 Å². The van der Waals surface area contributed by atoms with Gasteiger partial charge < -0.3 is 5.32 Å². The second kappa shape index (κ2) is 6.16. The molecule has 1 N–H and O–H groups in total. The molecule has 1 unspecified atom stereocenters. The number of carbonyl (C=O) groups is 1. The Kier molecular flexibility index (Phi) is 4.55. The van der Waals surface area contributed by atoms with E-state index in [0.29, 0.717) is 0 Å². The van der Waals surface area contributed by atoms with Gasteiger partial charge >= 0.3 is 0 Å². The quantitative estimate of drug-likeness (QED) is 0.875. The Balaban J connectivity index is 1.98. The van der Waals surface area contributed by atoms with Crippen molar-refractivity contribution in [3.63, 3.8) is 0 Å². The molecular weight excluding hydrogens is 283 g/mol. The van der Waals surface area contributed by atoms with Crippen molar-refractivity contribution in [2.24, 2.45) is 0 Å². The third-order valence-corrected chi connectivity index (χ3v) is 4.57. The largest absolute Gasteiger partial charge is 0.323 e. The fourth-order valence-corrected chi connectivity index (χ4v) is 3.37. The van der Waals surface area contributed by atoms with Crippen LogP contribution in [0.5, 0.6) is 0 Å². The molecule has 1 aromatic carbocycles. The lowest BCUT2D eigenvalue weighted by molar-refractivity contribution is -0.115. The number of rotatable bonds is 4. The van der Waals surface area contributed by atoms with Gasteiger partial charge in [0.05, 0.1) is 10.9 Å². The molecule has 2 rings (SSSR count). The molecule has 0 saturated heterocycles. The van der Waals surface area contributed by atoms with Crippen LogP contribution < -0.4 is 5.32 Å². The lowest BCUT2D eigenvalue weighted by Gasteiger charge is -2.10. The number of para-hydroxylation sites is 1. The molecule has 3 nitrogen and oxygen atoms in total. The fourth-order valence-electron chi connectivity index (χ4n) is 1.39. The third-order valence-electron chi connectivity index (χ3n) is 2.38. The number of benzene rings is 1. The van der Waals surface area contributed by atoms with Crippen molar-refractivity contribution in [3.05, 3.63) is 41.2 Å². The molecule has 0 aliphatic carbocycles. The van der Waals surface area contributed by atoms with Crippen LogP contribution >= 0.6 is 23.1 Å². The monoisotopic (exact) mass is 296 g/mol. The molecule has 1 amide bonds. The molecule has 1 atom stereocenters. The van der Waals surface area contributed by atoms with Crippen molar-refractivity contribution < 1.29 is 9.18 Å². The van der Waals surface area contributed by atoms with Gasteiger partial charge in [-0.15, -0.1) is 11.3 Å². The summed E-state index contributed by atoms with van der Waals surface area (Å²) in [6, 6.07) is 6.12. The number of thiazole rings is 1. The predicted octanol–water partition coefficient (Wildman–Crippen LogP) is 3.71. The van der Waals surface area contributed by atoms with E-state index in [1.807, 2.05) is 12.3 Å². The van der Waals surface area contributed by atoms with Crippen molar-refractivity contribution >= 4 is 34.7 Å². The SMILES string of the molecule is Cc1csc(SC(C)C(=O)Nc2ccccc2F)n1. The van der Waals surface area contributed by atoms with Crippen molar-refractivity contribution in [2.75, 3.05) is 5.32 Å². The van der Waals surface area contributed by atoms with E-state index in [2.05, 4.69) is 10.3 Å². The summed E-state index contributed by atoms with van der Waals surface area (Å²) < 4.78 is 14.3. The summed E-state index contributed by atoms with van der Waals surface area (Å²) >= 11 is 2.87. The molecule has 0 spiro atoms. The number of halogens is 1. The van der Waals surface area contributed by atoms with Crippen LogP contribution in [0.15, 0.2) is 34.0 Å². The van der Waals surface area contributed by atoms with E-state index in [1.54, 1.807) is 19.1 Å². The van der Waals surface area contributed by atoms with Gasteiger partial charge in [-0.2, -0.15) is 0 Å². The van der Waals surface area contributed by atoms with Crippen LogP contribution in [0.4, 0.5) is 10.1 Å². The summed E-state index contributed by atoms with van der Waals surface area (Å²) in [5.41, 5.74) is 1.14. The lowest BCUT2D eigenvalue weighted by atomic mass is 10.3. The van der Waals surface area contributed by atoms with E-state index in [9.17, 15) is 9.18 Å². The second-order valence-corrected chi connectivity index (χ2v) is 6.43. The number of hydrogen-bond donors (Lipinski definition) is 1. The first-order valence-corrected chi connectivity index (χ1v) is 7.46. The molecule has 6 heteroatoms. The van der Waals surface area contributed by atoms with Gasteiger partial charge in [-0.3, -0.25) is 4.79 Å². The van der Waals surface area contributed by atoms with Crippen LogP contribution in [0, 0.1) is 12.7 Å². The van der Waals surface area contributed by atoms with Crippen LogP contribution in [-0.4, -0.2) is 16.1 Å². The van der Waals surface area contributed by atoms with Gasteiger partial charge in [-0.1, -0.05) is 23.9 Å². The molecule has 1 heterocycles. The van der Waals surface area contributed by atoms with E-state index in [4.69, 9.17) is 0 Å². The maximum Gasteiger partial charge on any atom is 0.237 e. The first kappa shape index (κ1) is 14.0. The van der Waals surface area contributed by atoms with Crippen LogP contribution in [-0.2, 0) is 4.79 Å². The Bertz CT molecular complexity index is 586. The summed E-state index contributed by atoms with van der Waals surface area (Å²) in [5, 5.41) is 4.18. The molecule has 0 bridgehead atoms. The van der Waals surface area contributed by atoms with Gasteiger partial charge in [0.1, 0.15) is 5.82 Å². The van der Waals surface area contributed by atoms with E-state index in [1.165, 1.54) is 35.2 Å². The van der Waals surface area contributed by atoms with Gasteiger partial charge in [0.2, 0.25) is 5.91 Å². The summed E-state index contributed by atoms with van der Waals surface area (Å²) in [4.78, 5) is 16.2. The number of aromatic nitrogens is 1. The minimum atomic E-state index is -0.432. The summed E-state index contributed by atoms with van der Waals surface area (Å²) in [6.45, 7) is 3.68. The number of carbonyl (C=O) groups excluding carboxylic acids is 1. The molecular formula is C13H13FN2OS2. The number of nitrogens with one attached hydrogen (secondary N) is 1. The average molecular weight is 296 g/mol. The topological polar surface area (TPSA) is 42.0 Å². The molecule has 1 aromatic heterocycles. The minimum Gasteiger partial charge on any atom is -0.323 e. The number of nitrogens with zero attached hydrogens (tertiary/aromatic N) is 1. The predicted molar refractivity (Wildman–Crippen MR) is 77.2 cm³/mol. The van der Waals surface area contributed by atoms with Crippen LogP contribution in [0.25, 0.3) is 0 Å². The fraction of sp³-hybridized carbons (Fsp3) is 0.231. The number of thioether (sulfide) groups is 1. The van der Waals surface area contributed by atoms with E-state index < -0.39 is 5.82 Å². The Morgan fingerprint density at radius 1 is 1.47 bits per heavy atom. The molecule has 19 heavy (non-hydrogen) atoms. The Morgan fingerprint density at radius 3 is 2.84 bits per heavy atom. The molecule has 0 radical (unpaired) electrons. The van der Waals surface area contributed by atoms with Gasteiger partial charge in [-0.25, -0.2) is 9.37 Å². The highest BCUT2D eigenvalue weighted by molar-refractivity contribution is 8.02. The van der Waals surface area contributed by atoms with Crippen molar-refractivity contribution in [3.8, 4) is 0 Å². The lowest BCUT2D eigenvalue weighted by Crippen LogP contribution is -2.22. The molecule has 0 saturated carbocycles. The van der Waals surface area contributed by atoms with Crippen molar-refractivity contribution in [2.45, 2.75) is 23.4 Å². The summed E-state index contributed by atoms with van der Waals surface area (Å²) in [5.74, 6) is -0.666. The number of amides is 1. The highest BCUT2D eigenvalue weighted by atomic mass is 32.2. The molecule has 0 fully saturated rings. The minimum absolute atomic E-state index is 0.204. The van der Waals surface area contributed by atoms with E-state index in [0.717, 1.165) is 10.0 Å². The smallest absolute Gasteiger partial charge is 0.237 e. The van der Waals surface area contributed by atoms with Crippen LogP contribution in [0.2, 0.25) is 0 Å². The Hall–Kier alpha value is -1.40. The first-order valence-electron chi connectivity index (χ1n) is 5.70. The van der Waals surface area contributed by atoms with Crippen LogP contribution in [0.1, 0.15) is 12.6 Å². The van der Waals surface area contributed by atoms with E-state index in [-0.39, 0.29) is 16.8 Å². The van der Waals surface area contributed by atoms with Gasteiger partial charge in [0, 0.05) is 11.1 Å². The Morgan fingerprint density at radius 2 is 2.21 bits per heavy atom. The highest BCUT2D eigenvalue weighted by Gasteiger charge is 2.17. The molecule has 0 aliphatic heterocycles. The first-order chi connectivity index (χ1) is 9.06. The number of aryl methyl sites for hydroxylation is 1. The van der Waals surface area contributed by atoms with Gasteiger partial charge in [0.25, 0.3) is 0 Å². The number of anilines is 1. The number of hydrogen-bond acceptors (Lipinski definition) is 4. The normalized spacial score (nSPS) is 12.2. The highest BCUT2D eigenvalue weighted by Crippen LogP contribution is 2.27. The van der Waals surface area contributed by atoms with Gasteiger partial charge in [-0.05, 0) is 26.0 Å². The van der Waals surface area contributed by atoms with Crippen molar-refractivity contribution in [1.82, 2.24) is 4.98 Å². The molecule has 2 aromatic rings. The summed E-state index contributed by atoms with van der Waals surface area (Å²) in [7, 11) is 0. The zero-order valence-corrected chi connectivity index (χ0v) is 12.1. The Labute approximate surface area is 119 Å². The zero-order valence-electron chi connectivity index (χ0n) is 10.5. The second-order valence-electron chi connectivity index (χ2n) is 3.98. The standard InChI is InChI=1S/C13H13FN2OS2/c1-8-7-18-13(15-8)19-9(2)12(17)16-11-6-4-3-5-10(11)14/h3-7,9H,1-2H3,(H,16,17). The molecule has 0 aliphatic rings. The van der Waals surface area contributed by atoms with Crippen molar-refractivity contribution in [1.29, 1.82) is 0 Å². The summed E-state index contributed by atoms with van der Waals surface area (Å²) in [6.07, 6.45) is 0.